The van der Waals surface area contributed by atoms with Gasteiger partial charge in [0.2, 0.25) is 0 Å². The first-order chi connectivity index (χ1) is 10.4. The fourth-order valence-electron chi connectivity index (χ4n) is 2.75. The van der Waals surface area contributed by atoms with E-state index in [-0.39, 0.29) is 0 Å². The van der Waals surface area contributed by atoms with E-state index in [1.807, 2.05) is 18.7 Å². The van der Waals surface area contributed by atoms with Crippen LogP contribution in [0.25, 0.3) is 10.9 Å². The maximum atomic E-state index is 4.08. The first-order valence-corrected chi connectivity index (χ1v) is 7.61. The van der Waals surface area contributed by atoms with Gasteiger partial charge in [-0.25, -0.2) is 4.98 Å². The van der Waals surface area contributed by atoms with Gasteiger partial charge in [0.1, 0.15) is 0 Å². The van der Waals surface area contributed by atoms with Crippen molar-refractivity contribution in [1.82, 2.24) is 19.4 Å². The van der Waals surface area contributed by atoms with Crippen LogP contribution < -0.4 is 5.32 Å². The number of hydrogen-bond donors (Lipinski definition) is 1. The molecule has 0 atom stereocenters. The van der Waals surface area contributed by atoms with Gasteiger partial charge in [-0.3, -0.25) is 0 Å². The Bertz CT molecular complexity index is 682. The van der Waals surface area contributed by atoms with Gasteiger partial charge in [-0.05, 0) is 24.6 Å². The zero-order valence-corrected chi connectivity index (χ0v) is 12.5. The van der Waals surface area contributed by atoms with Crippen molar-refractivity contribution in [3.05, 3.63) is 54.7 Å². The number of para-hydroxylation sites is 1. The lowest BCUT2D eigenvalue weighted by molar-refractivity contribution is 0.572. The third-order valence-corrected chi connectivity index (χ3v) is 3.81. The van der Waals surface area contributed by atoms with E-state index in [1.165, 1.54) is 16.5 Å². The van der Waals surface area contributed by atoms with Crippen LogP contribution in [0.15, 0.2) is 49.2 Å². The summed E-state index contributed by atoms with van der Waals surface area (Å²) in [6, 6.07) is 8.66. The molecule has 0 aliphatic carbocycles. The Morgan fingerprint density at radius 3 is 2.90 bits per heavy atom. The Kier molecular flexibility index (Phi) is 4.36. The maximum absolute atomic E-state index is 4.08. The number of imidazole rings is 1. The first kappa shape index (κ1) is 13.9. The fraction of sp³-hybridized carbons (Fsp3) is 0.353. The summed E-state index contributed by atoms with van der Waals surface area (Å²) < 4.78 is 4.50. The number of rotatable bonds is 7. The van der Waals surface area contributed by atoms with Crippen LogP contribution in [-0.2, 0) is 19.6 Å². The van der Waals surface area contributed by atoms with Gasteiger partial charge in [0.15, 0.2) is 0 Å². The largest absolute Gasteiger partial charge is 0.347 e. The van der Waals surface area contributed by atoms with E-state index in [4.69, 9.17) is 0 Å². The van der Waals surface area contributed by atoms with Crippen LogP contribution in [0.1, 0.15) is 18.9 Å². The van der Waals surface area contributed by atoms with Crippen molar-refractivity contribution in [3.63, 3.8) is 0 Å². The zero-order chi connectivity index (χ0) is 14.5. The summed E-state index contributed by atoms with van der Waals surface area (Å²) in [7, 11) is 0. The van der Waals surface area contributed by atoms with Crippen molar-refractivity contribution in [2.24, 2.45) is 0 Å². The molecule has 1 N–H and O–H groups in total. The summed E-state index contributed by atoms with van der Waals surface area (Å²) in [5.41, 5.74) is 2.71. The molecule has 0 aliphatic heterocycles. The van der Waals surface area contributed by atoms with Gasteiger partial charge in [0, 0.05) is 49.1 Å². The molecule has 3 rings (SSSR count). The predicted octanol–water partition coefficient (Wildman–Crippen LogP) is 3.04. The molecule has 2 aromatic heterocycles. The normalized spacial score (nSPS) is 11.3. The maximum Gasteiger partial charge on any atom is 0.0945 e. The lowest BCUT2D eigenvalue weighted by Gasteiger charge is -2.05. The van der Waals surface area contributed by atoms with Gasteiger partial charge in [-0.15, -0.1) is 0 Å². The van der Waals surface area contributed by atoms with E-state index >= 15 is 0 Å². The highest BCUT2D eigenvalue weighted by Gasteiger charge is 2.07. The van der Waals surface area contributed by atoms with Crippen molar-refractivity contribution in [2.75, 3.05) is 6.54 Å². The molecule has 0 saturated heterocycles. The molecular formula is C17H22N4. The molecule has 2 heterocycles. The van der Waals surface area contributed by atoms with Crippen molar-refractivity contribution in [2.45, 2.75) is 33.0 Å². The third-order valence-electron chi connectivity index (χ3n) is 3.81. The van der Waals surface area contributed by atoms with Crippen molar-refractivity contribution >= 4 is 10.9 Å². The van der Waals surface area contributed by atoms with Crippen LogP contribution in [0.3, 0.4) is 0 Å². The van der Waals surface area contributed by atoms with E-state index in [1.54, 1.807) is 0 Å². The number of fused-ring (bicyclic) bond motifs is 1. The number of aromatic nitrogens is 3. The van der Waals surface area contributed by atoms with E-state index in [0.717, 1.165) is 32.6 Å². The topological polar surface area (TPSA) is 34.8 Å². The fourth-order valence-corrected chi connectivity index (χ4v) is 2.75. The standard InChI is InChI=1S/C17H22N4/c1-2-18-12-15-13-21(17-7-4-3-6-16(15)17)10-5-9-20-11-8-19-14-20/h3-4,6-8,11,13-14,18H,2,5,9-10,12H2,1H3. The minimum absolute atomic E-state index is 0.936. The van der Waals surface area contributed by atoms with E-state index in [9.17, 15) is 0 Å². The Morgan fingerprint density at radius 2 is 2.10 bits per heavy atom. The van der Waals surface area contributed by atoms with Crippen molar-refractivity contribution in [1.29, 1.82) is 0 Å². The van der Waals surface area contributed by atoms with Crippen molar-refractivity contribution in [3.8, 4) is 0 Å². The highest BCUT2D eigenvalue weighted by atomic mass is 15.0. The first-order valence-electron chi connectivity index (χ1n) is 7.61. The van der Waals surface area contributed by atoms with Gasteiger partial charge in [0.25, 0.3) is 0 Å². The zero-order valence-electron chi connectivity index (χ0n) is 12.5. The number of nitrogens with zero attached hydrogens (tertiary/aromatic N) is 3. The molecule has 4 heteroatoms. The van der Waals surface area contributed by atoms with Gasteiger partial charge < -0.3 is 14.5 Å². The van der Waals surface area contributed by atoms with Gasteiger partial charge in [-0.1, -0.05) is 25.1 Å². The summed E-state index contributed by atoms with van der Waals surface area (Å²) in [5.74, 6) is 0. The van der Waals surface area contributed by atoms with E-state index in [2.05, 4.69) is 56.8 Å². The molecule has 0 amide bonds. The highest BCUT2D eigenvalue weighted by Crippen LogP contribution is 2.21. The molecule has 1 aromatic carbocycles. The molecule has 4 nitrogen and oxygen atoms in total. The van der Waals surface area contributed by atoms with Crippen LogP contribution in [0.2, 0.25) is 0 Å². The Labute approximate surface area is 125 Å². The molecule has 0 unspecified atom stereocenters. The third kappa shape index (κ3) is 3.16. The second kappa shape index (κ2) is 6.59. The molecule has 21 heavy (non-hydrogen) atoms. The van der Waals surface area contributed by atoms with Crippen LogP contribution in [0.5, 0.6) is 0 Å². The molecule has 0 bridgehead atoms. The van der Waals surface area contributed by atoms with Crippen LogP contribution >= 0.6 is 0 Å². The lowest BCUT2D eigenvalue weighted by atomic mass is 10.2. The monoisotopic (exact) mass is 282 g/mol. The second-order valence-corrected chi connectivity index (χ2v) is 5.30. The summed E-state index contributed by atoms with van der Waals surface area (Å²) in [5, 5.41) is 4.78. The summed E-state index contributed by atoms with van der Waals surface area (Å²) in [4.78, 5) is 4.08. The van der Waals surface area contributed by atoms with Gasteiger partial charge in [-0.2, -0.15) is 0 Å². The Morgan fingerprint density at radius 1 is 1.19 bits per heavy atom. The average molecular weight is 282 g/mol. The van der Waals surface area contributed by atoms with Crippen LogP contribution in [-0.4, -0.2) is 20.7 Å². The molecule has 0 saturated carbocycles. The van der Waals surface area contributed by atoms with E-state index < -0.39 is 0 Å². The summed E-state index contributed by atoms with van der Waals surface area (Å²) >= 11 is 0. The molecule has 0 spiro atoms. The number of hydrogen-bond acceptors (Lipinski definition) is 2. The van der Waals surface area contributed by atoms with E-state index in [0.29, 0.717) is 0 Å². The quantitative estimate of drug-likeness (QED) is 0.723. The molecule has 0 aliphatic rings. The minimum atomic E-state index is 0.936. The molecule has 3 aromatic rings. The smallest absolute Gasteiger partial charge is 0.0945 e. The van der Waals surface area contributed by atoms with Crippen LogP contribution in [0.4, 0.5) is 0 Å². The number of benzene rings is 1. The number of aryl methyl sites for hydroxylation is 2. The summed E-state index contributed by atoms with van der Waals surface area (Å²) in [6.45, 7) is 6.12. The Hall–Kier alpha value is -2.07. The second-order valence-electron chi connectivity index (χ2n) is 5.30. The van der Waals surface area contributed by atoms with Gasteiger partial charge >= 0.3 is 0 Å². The van der Waals surface area contributed by atoms with Gasteiger partial charge in [0.05, 0.1) is 6.33 Å². The molecular weight excluding hydrogens is 260 g/mol. The number of nitrogens with one attached hydrogen (secondary N) is 1. The molecule has 0 fully saturated rings. The molecule has 110 valence electrons. The average Bonchev–Trinajstić information content (AvgIpc) is 3.14. The predicted molar refractivity (Wildman–Crippen MR) is 86.2 cm³/mol. The molecule has 0 radical (unpaired) electrons. The lowest BCUT2D eigenvalue weighted by Crippen LogP contribution is -2.11. The highest BCUT2D eigenvalue weighted by molar-refractivity contribution is 5.83. The summed E-state index contributed by atoms with van der Waals surface area (Å²) in [6.07, 6.45) is 9.13. The van der Waals surface area contributed by atoms with Crippen molar-refractivity contribution < 1.29 is 0 Å². The Balaban J connectivity index is 1.74. The SMILES string of the molecule is CCNCc1cn(CCCn2ccnc2)c2ccccc12. The minimum Gasteiger partial charge on any atom is -0.347 e. The van der Waals surface area contributed by atoms with Crippen LogP contribution in [0, 0.1) is 0 Å².